The highest BCUT2D eigenvalue weighted by Gasteiger charge is 2.08. The number of nitrogens with zero attached hydrogens (tertiary/aromatic N) is 2. The maximum atomic E-state index is 11.8. The summed E-state index contributed by atoms with van der Waals surface area (Å²) in [6.45, 7) is 0. The van der Waals surface area contributed by atoms with Gasteiger partial charge in [-0.3, -0.25) is 9.78 Å². The minimum atomic E-state index is -0.352. The summed E-state index contributed by atoms with van der Waals surface area (Å²) in [5, 5.41) is 3.41. The molecule has 2 aromatic heterocycles. The predicted octanol–water partition coefficient (Wildman–Crippen LogP) is 3.04. The summed E-state index contributed by atoms with van der Waals surface area (Å²) in [6, 6.07) is 6.26. The lowest BCUT2D eigenvalue weighted by atomic mass is 10.3. The number of hydrogen-bond donors (Lipinski definition) is 1. The smallest absolute Gasteiger partial charge is 0.274 e. The lowest BCUT2D eigenvalue weighted by molar-refractivity contribution is 0.102. The fourth-order valence-corrected chi connectivity index (χ4v) is 1.54. The molecule has 2 aromatic rings. The minimum Gasteiger partial charge on any atom is -0.320 e. The van der Waals surface area contributed by atoms with E-state index in [1.165, 1.54) is 18.5 Å². The van der Waals surface area contributed by atoms with Crippen molar-refractivity contribution in [3.63, 3.8) is 0 Å². The zero-order chi connectivity index (χ0) is 12.3. The van der Waals surface area contributed by atoms with Crippen LogP contribution in [0, 0.1) is 0 Å². The van der Waals surface area contributed by atoms with E-state index in [4.69, 9.17) is 23.2 Å². The van der Waals surface area contributed by atoms with Gasteiger partial charge in [-0.1, -0.05) is 23.2 Å². The summed E-state index contributed by atoms with van der Waals surface area (Å²) in [7, 11) is 0. The third kappa shape index (κ3) is 3.15. The minimum absolute atomic E-state index is 0.241. The van der Waals surface area contributed by atoms with Gasteiger partial charge in [-0.2, -0.15) is 0 Å². The van der Waals surface area contributed by atoms with Crippen LogP contribution >= 0.6 is 23.2 Å². The highest BCUT2D eigenvalue weighted by atomic mass is 35.5. The molecule has 0 saturated heterocycles. The Kier molecular flexibility index (Phi) is 3.56. The van der Waals surface area contributed by atoms with Crippen LogP contribution in [-0.4, -0.2) is 15.9 Å². The van der Waals surface area contributed by atoms with Gasteiger partial charge >= 0.3 is 0 Å². The topological polar surface area (TPSA) is 54.9 Å². The first-order valence-corrected chi connectivity index (χ1v) is 5.45. The molecule has 0 aliphatic rings. The van der Waals surface area contributed by atoms with Crippen molar-refractivity contribution < 1.29 is 4.79 Å². The van der Waals surface area contributed by atoms with Gasteiger partial charge < -0.3 is 5.32 Å². The number of pyridine rings is 2. The monoisotopic (exact) mass is 267 g/mol. The molecule has 1 amide bonds. The maximum absolute atomic E-state index is 11.8. The molecule has 0 aliphatic heterocycles. The van der Waals surface area contributed by atoms with Gasteiger partial charge in [0.25, 0.3) is 5.91 Å². The molecular formula is C11H7Cl2N3O. The van der Waals surface area contributed by atoms with Gasteiger partial charge in [0.15, 0.2) is 0 Å². The number of hydrogen-bond acceptors (Lipinski definition) is 3. The van der Waals surface area contributed by atoms with Gasteiger partial charge in [-0.05, 0) is 24.3 Å². The molecule has 0 radical (unpaired) electrons. The molecule has 0 atom stereocenters. The molecule has 2 rings (SSSR count). The van der Waals surface area contributed by atoms with Gasteiger partial charge in [0, 0.05) is 23.1 Å². The first kappa shape index (κ1) is 11.8. The predicted molar refractivity (Wildman–Crippen MR) is 66.4 cm³/mol. The normalized spacial score (nSPS) is 10.0. The quantitative estimate of drug-likeness (QED) is 0.851. The summed E-state index contributed by atoms with van der Waals surface area (Å²) in [4.78, 5) is 19.5. The molecule has 0 spiro atoms. The van der Waals surface area contributed by atoms with Crippen molar-refractivity contribution >= 4 is 34.8 Å². The summed E-state index contributed by atoms with van der Waals surface area (Å²) in [6.07, 6.45) is 2.97. The maximum Gasteiger partial charge on any atom is 0.274 e. The Morgan fingerprint density at radius 2 is 1.88 bits per heavy atom. The Morgan fingerprint density at radius 1 is 1.12 bits per heavy atom. The number of halogens is 2. The Balaban J connectivity index is 2.17. The molecule has 0 aliphatic carbocycles. The SMILES string of the molecule is O=C(Nc1ccnc(Cl)c1)c1cc(Cl)ccn1. The Labute approximate surface area is 108 Å². The van der Waals surface area contributed by atoms with E-state index < -0.39 is 0 Å². The third-order valence-corrected chi connectivity index (χ3v) is 2.38. The molecule has 1 N–H and O–H groups in total. The number of anilines is 1. The largest absolute Gasteiger partial charge is 0.320 e. The van der Waals surface area contributed by atoms with Crippen molar-refractivity contribution in [3.05, 3.63) is 52.5 Å². The molecule has 17 heavy (non-hydrogen) atoms. The van der Waals surface area contributed by atoms with Gasteiger partial charge in [0.1, 0.15) is 10.8 Å². The van der Waals surface area contributed by atoms with E-state index >= 15 is 0 Å². The average molecular weight is 268 g/mol. The first-order chi connectivity index (χ1) is 8.15. The van der Waals surface area contributed by atoms with Crippen LogP contribution < -0.4 is 5.32 Å². The van der Waals surface area contributed by atoms with E-state index in [9.17, 15) is 4.79 Å². The number of rotatable bonds is 2. The number of amides is 1. The van der Waals surface area contributed by atoms with E-state index in [0.29, 0.717) is 15.9 Å². The lowest BCUT2D eigenvalue weighted by Crippen LogP contribution is -2.13. The van der Waals surface area contributed by atoms with Crippen LogP contribution in [0.3, 0.4) is 0 Å². The second kappa shape index (κ2) is 5.12. The van der Waals surface area contributed by atoms with Gasteiger partial charge in [-0.15, -0.1) is 0 Å². The van der Waals surface area contributed by atoms with Crippen molar-refractivity contribution in [2.75, 3.05) is 5.32 Å². The fourth-order valence-electron chi connectivity index (χ4n) is 1.20. The van der Waals surface area contributed by atoms with Crippen LogP contribution in [0.5, 0.6) is 0 Å². The number of nitrogens with one attached hydrogen (secondary N) is 1. The van der Waals surface area contributed by atoms with E-state index in [2.05, 4.69) is 15.3 Å². The van der Waals surface area contributed by atoms with E-state index in [0.717, 1.165) is 0 Å². The highest BCUT2D eigenvalue weighted by Crippen LogP contribution is 2.14. The summed E-state index contributed by atoms with van der Waals surface area (Å²) in [5.74, 6) is -0.352. The number of aromatic nitrogens is 2. The number of carbonyl (C=O) groups excluding carboxylic acids is 1. The van der Waals surface area contributed by atoms with Gasteiger partial charge in [-0.25, -0.2) is 4.98 Å². The van der Waals surface area contributed by atoms with Gasteiger partial charge in [0.05, 0.1) is 0 Å². The van der Waals surface area contributed by atoms with Crippen LogP contribution in [0.1, 0.15) is 10.5 Å². The van der Waals surface area contributed by atoms with Crippen LogP contribution in [0.2, 0.25) is 10.2 Å². The van der Waals surface area contributed by atoms with Crippen molar-refractivity contribution in [1.29, 1.82) is 0 Å². The standard InChI is InChI=1S/C11H7Cl2N3O/c12-7-1-3-14-9(5-7)11(17)16-8-2-4-15-10(13)6-8/h1-6H,(H,15,16,17). The molecule has 86 valence electrons. The zero-order valence-electron chi connectivity index (χ0n) is 8.52. The molecule has 0 aromatic carbocycles. The van der Waals surface area contributed by atoms with Crippen LogP contribution in [0.15, 0.2) is 36.7 Å². The van der Waals surface area contributed by atoms with Crippen LogP contribution in [0.25, 0.3) is 0 Å². The first-order valence-electron chi connectivity index (χ1n) is 4.69. The Bertz CT molecular complexity index is 560. The van der Waals surface area contributed by atoms with Crippen molar-refractivity contribution in [1.82, 2.24) is 9.97 Å². The average Bonchev–Trinajstić information content (AvgIpc) is 2.29. The molecular weight excluding hydrogens is 261 g/mol. The van der Waals surface area contributed by atoms with Crippen LogP contribution in [-0.2, 0) is 0 Å². The second-order valence-electron chi connectivity index (χ2n) is 3.18. The Morgan fingerprint density at radius 3 is 2.59 bits per heavy atom. The van der Waals surface area contributed by atoms with E-state index in [1.807, 2.05) is 0 Å². The summed E-state index contributed by atoms with van der Waals surface area (Å²) >= 11 is 11.5. The lowest BCUT2D eigenvalue weighted by Gasteiger charge is -2.04. The molecule has 2 heterocycles. The Hall–Kier alpha value is -1.65. The van der Waals surface area contributed by atoms with Gasteiger partial charge in [0.2, 0.25) is 0 Å². The number of carbonyl (C=O) groups is 1. The molecule has 0 unspecified atom stereocenters. The van der Waals surface area contributed by atoms with E-state index in [-0.39, 0.29) is 11.6 Å². The molecule has 0 fully saturated rings. The summed E-state index contributed by atoms with van der Waals surface area (Å²) in [5.41, 5.74) is 0.794. The van der Waals surface area contributed by atoms with Crippen molar-refractivity contribution in [3.8, 4) is 0 Å². The van der Waals surface area contributed by atoms with Crippen LogP contribution in [0.4, 0.5) is 5.69 Å². The fraction of sp³-hybridized carbons (Fsp3) is 0. The second-order valence-corrected chi connectivity index (χ2v) is 4.00. The molecule has 4 nitrogen and oxygen atoms in total. The van der Waals surface area contributed by atoms with E-state index in [1.54, 1.807) is 18.2 Å². The van der Waals surface area contributed by atoms with Crippen molar-refractivity contribution in [2.24, 2.45) is 0 Å². The molecule has 6 heteroatoms. The highest BCUT2D eigenvalue weighted by molar-refractivity contribution is 6.31. The molecule has 0 bridgehead atoms. The third-order valence-electron chi connectivity index (χ3n) is 1.94. The molecule has 0 saturated carbocycles. The van der Waals surface area contributed by atoms with Crippen molar-refractivity contribution in [2.45, 2.75) is 0 Å². The zero-order valence-corrected chi connectivity index (χ0v) is 10.0. The summed E-state index contributed by atoms with van der Waals surface area (Å²) < 4.78 is 0.